The summed E-state index contributed by atoms with van der Waals surface area (Å²) in [5.41, 5.74) is 0.209. The van der Waals surface area contributed by atoms with Crippen molar-refractivity contribution in [1.29, 1.82) is 5.26 Å². The van der Waals surface area contributed by atoms with E-state index in [4.69, 9.17) is 14.7 Å². The van der Waals surface area contributed by atoms with E-state index in [-0.39, 0.29) is 13.0 Å². The highest BCUT2D eigenvalue weighted by Gasteiger charge is 2.31. The number of ether oxygens (including phenoxy) is 2. The molecule has 0 aromatic heterocycles. The van der Waals surface area contributed by atoms with Gasteiger partial charge < -0.3 is 9.47 Å². The van der Waals surface area contributed by atoms with Gasteiger partial charge in [-0.2, -0.15) is 5.26 Å². The van der Waals surface area contributed by atoms with Crippen LogP contribution in [0.1, 0.15) is 26.3 Å². The molecule has 1 unspecified atom stereocenters. The van der Waals surface area contributed by atoms with Crippen molar-refractivity contribution in [1.82, 2.24) is 4.90 Å². The first kappa shape index (κ1) is 18.5. The van der Waals surface area contributed by atoms with Crippen LogP contribution in [0.25, 0.3) is 0 Å². The third kappa shape index (κ3) is 6.39. The van der Waals surface area contributed by atoms with Crippen LogP contribution in [0.3, 0.4) is 0 Å². The number of carbonyl (C=O) groups excluding carboxylic acids is 2. The third-order valence-corrected chi connectivity index (χ3v) is 2.97. The van der Waals surface area contributed by atoms with Crippen LogP contribution in [0.5, 0.6) is 0 Å². The summed E-state index contributed by atoms with van der Waals surface area (Å²) in [6, 6.07) is 10.2. The zero-order valence-corrected chi connectivity index (χ0v) is 13.9. The number of amides is 1. The van der Waals surface area contributed by atoms with Crippen LogP contribution in [0.15, 0.2) is 30.3 Å². The first-order valence-corrected chi connectivity index (χ1v) is 7.28. The van der Waals surface area contributed by atoms with Gasteiger partial charge in [0.05, 0.1) is 0 Å². The van der Waals surface area contributed by atoms with Gasteiger partial charge >= 0.3 is 12.1 Å². The molecule has 0 saturated carbocycles. The van der Waals surface area contributed by atoms with E-state index < -0.39 is 23.7 Å². The molecule has 23 heavy (non-hydrogen) atoms. The second-order valence-corrected chi connectivity index (χ2v) is 6.06. The van der Waals surface area contributed by atoms with E-state index in [9.17, 15) is 9.59 Å². The highest BCUT2D eigenvalue weighted by Crippen LogP contribution is 2.14. The molecule has 1 rings (SSSR count). The monoisotopic (exact) mass is 318 g/mol. The second-order valence-electron chi connectivity index (χ2n) is 6.06. The van der Waals surface area contributed by atoms with Crippen LogP contribution >= 0.6 is 0 Å². The number of esters is 1. The molecular formula is C17H22N2O4. The smallest absolute Gasteiger partial charge is 0.410 e. The molecule has 0 N–H and O–H groups in total. The zero-order chi connectivity index (χ0) is 17.5. The number of hydrogen-bond acceptors (Lipinski definition) is 5. The summed E-state index contributed by atoms with van der Waals surface area (Å²) in [7, 11) is 1.48. The van der Waals surface area contributed by atoms with Crippen LogP contribution in [-0.2, 0) is 20.7 Å². The Balaban J connectivity index is 2.91. The van der Waals surface area contributed by atoms with Crippen molar-refractivity contribution in [3.63, 3.8) is 0 Å². The SMILES string of the molecule is CN(C(=O)OC(C)(C)C)C(Cc1ccccc1)C(=O)OCC#N. The second kappa shape index (κ2) is 8.18. The Hall–Kier alpha value is -2.55. The summed E-state index contributed by atoms with van der Waals surface area (Å²) in [5, 5.41) is 8.55. The largest absolute Gasteiger partial charge is 0.449 e. The standard InChI is InChI=1S/C17H22N2O4/c1-17(2,3)23-16(21)19(4)14(15(20)22-11-10-18)12-13-8-6-5-7-9-13/h5-9,14H,11-12H2,1-4H3. The van der Waals surface area contributed by atoms with Crippen molar-refractivity contribution in [3.05, 3.63) is 35.9 Å². The van der Waals surface area contributed by atoms with E-state index in [1.165, 1.54) is 11.9 Å². The zero-order valence-electron chi connectivity index (χ0n) is 13.9. The van der Waals surface area contributed by atoms with E-state index in [1.807, 2.05) is 30.3 Å². The Morgan fingerprint density at radius 1 is 1.26 bits per heavy atom. The summed E-state index contributed by atoms with van der Waals surface area (Å²) < 4.78 is 10.2. The van der Waals surface area contributed by atoms with Crippen molar-refractivity contribution < 1.29 is 19.1 Å². The lowest BCUT2D eigenvalue weighted by Gasteiger charge is -2.29. The maximum Gasteiger partial charge on any atom is 0.410 e. The number of likely N-dealkylation sites (N-methyl/N-ethyl adjacent to an activating group) is 1. The first-order chi connectivity index (χ1) is 10.7. The van der Waals surface area contributed by atoms with Crippen molar-refractivity contribution in [2.75, 3.05) is 13.7 Å². The molecule has 1 atom stereocenters. The summed E-state index contributed by atoms with van der Waals surface area (Å²) in [5.74, 6) is -0.635. The minimum Gasteiger partial charge on any atom is -0.449 e. The molecule has 0 heterocycles. The van der Waals surface area contributed by atoms with Gasteiger partial charge in [0.2, 0.25) is 0 Å². The van der Waals surface area contributed by atoms with Gasteiger partial charge in [0.15, 0.2) is 6.61 Å². The lowest BCUT2D eigenvalue weighted by Crippen LogP contribution is -2.46. The van der Waals surface area contributed by atoms with E-state index in [1.54, 1.807) is 26.8 Å². The first-order valence-electron chi connectivity index (χ1n) is 7.28. The van der Waals surface area contributed by atoms with Gasteiger partial charge in [0.25, 0.3) is 0 Å². The molecule has 1 aromatic rings. The summed E-state index contributed by atoms with van der Waals surface area (Å²) in [4.78, 5) is 25.6. The summed E-state index contributed by atoms with van der Waals surface area (Å²) in [6.07, 6.45) is -0.340. The quantitative estimate of drug-likeness (QED) is 0.779. The number of benzene rings is 1. The van der Waals surface area contributed by atoms with E-state index in [0.717, 1.165) is 5.56 Å². The Morgan fingerprint density at radius 2 is 1.87 bits per heavy atom. The van der Waals surface area contributed by atoms with Crippen LogP contribution in [0.4, 0.5) is 4.79 Å². The van der Waals surface area contributed by atoms with Gasteiger partial charge in [-0.05, 0) is 26.3 Å². The fourth-order valence-corrected chi connectivity index (χ4v) is 1.88. The predicted molar refractivity (Wildman–Crippen MR) is 84.5 cm³/mol. The lowest BCUT2D eigenvalue weighted by atomic mass is 10.1. The van der Waals surface area contributed by atoms with Crippen molar-refractivity contribution in [2.24, 2.45) is 0 Å². The van der Waals surface area contributed by atoms with E-state index in [0.29, 0.717) is 0 Å². The van der Waals surface area contributed by atoms with Gasteiger partial charge in [-0.25, -0.2) is 9.59 Å². The predicted octanol–water partition coefficient (Wildman–Crippen LogP) is 2.53. The Morgan fingerprint density at radius 3 is 2.39 bits per heavy atom. The fraction of sp³-hybridized carbons (Fsp3) is 0.471. The maximum atomic E-state index is 12.2. The average Bonchev–Trinajstić information content (AvgIpc) is 2.49. The Bertz CT molecular complexity index is 572. The highest BCUT2D eigenvalue weighted by molar-refractivity contribution is 5.81. The number of hydrogen-bond donors (Lipinski definition) is 0. The fourth-order valence-electron chi connectivity index (χ4n) is 1.88. The molecule has 1 aromatic carbocycles. The Kier molecular flexibility index (Phi) is 6.58. The highest BCUT2D eigenvalue weighted by atomic mass is 16.6. The molecule has 6 heteroatoms. The van der Waals surface area contributed by atoms with Crippen molar-refractivity contribution in [2.45, 2.75) is 38.8 Å². The molecule has 0 fully saturated rings. The van der Waals surface area contributed by atoms with Gasteiger partial charge in [-0.15, -0.1) is 0 Å². The molecule has 0 bridgehead atoms. The van der Waals surface area contributed by atoms with Crippen LogP contribution < -0.4 is 0 Å². The normalized spacial score (nSPS) is 12.0. The molecule has 0 spiro atoms. The van der Waals surface area contributed by atoms with Crippen molar-refractivity contribution in [3.8, 4) is 6.07 Å². The van der Waals surface area contributed by atoms with Gasteiger partial charge in [-0.3, -0.25) is 4.90 Å². The van der Waals surface area contributed by atoms with E-state index >= 15 is 0 Å². The molecule has 124 valence electrons. The molecule has 0 saturated heterocycles. The van der Waals surface area contributed by atoms with Crippen molar-refractivity contribution >= 4 is 12.1 Å². The molecule has 6 nitrogen and oxygen atoms in total. The van der Waals surface area contributed by atoms with Gasteiger partial charge in [-0.1, -0.05) is 30.3 Å². The molecular weight excluding hydrogens is 296 g/mol. The van der Waals surface area contributed by atoms with Gasteiger partial charge in [0, 0.05) is 13.5 Å². The number of carbonyl (C=O) groups is 2. The van der Waals surface area contributed by atoms with Crippen LogP contribution in [0, 0.1) is 11.3 Å². The molecule has 0 radical (unpaired) electrons. The van der Waals surface area contributed by atoms with Crippen LogP contribution in [0.2, 0.25) is 0 Å². The number of nitrogens with zero attached hydrogens (tertiary/aromatic N) is 2. The minimum atomic E-state index is -0.861. The van der Waals surface area contributed by atoms with E-state index in [2.05, 4.69) is 0 Å². The number of nitriles is 1. The maximum absolute atomic E-state index is 12.2. The summed E-state index contributed by atoms with van der Waals surface area (Å²) in [6.45, 7) is 4.89. The molecule has 0 aliphatic carbocycles. The van der Waals surface area contributed by atoms with Crippen LogP contribution in [-0.4, -0.2) is 42.3 Å². The minimum absolute atomic E-state index is 0.279. The third-order valence-electron chi connectivity index (χ3n) is 2.97. The molecule has 0 aliphatic rings. The Labute approximate surface area is 136 Å². The average molecular weight is 318 g/mol. The topological polar surface area (TPSA) is 79.6 Å². The molecule has 1 amide bonds. The number of rotatable bonds is 5. The summed E-state index contributed by atoms with van der Waals surface area (Å²) >= 11 is 0. The molecule has 0 aliphatic heterocycles. The van der Waals surface area contributed by atoms with Gasteiger partial charge in [0.1, 0.15) is 17.7 Å². The lowest BCUT2D eigenvalue weighted by molar-refractivity contribution is -0.147.